The number of anilines is 1. The molecule has 5 rings (SSSR count). The summed E-state index contributed by atoms with van der Waals surface area (Å²) in [5.74, 6) is 0.195. The monoisotopic (exact) mass is 403 g/mol. The number of carboxylic acids is 1. The summed E-state index contributed by atoms with van der Waals surface area (Å²) >= 11 is 0. The Morgan fingerprint density at radius 1 is 1.20 bits per heavy atom. The molecule has 154 valence electrons. The SMILES string of the molecule is Cc1ccc2c(c1)cc1c([n+]2C)-c2cc3c(cc2OC1)N(CCCC(=O)O)CCC3. The van der Waals surface area contributed by atoms with Crippen molar-refractivity contribution in [2.45, 2.75) is 39.2 Å². The molecule has 2 aliphatic heterocycles. The lowest BCUT2D eigenvalue weighted by molar-refractivity contribution is -0.634. The van der Waals surface area contributed by atoms with E-state index in [4.69, 9.17) is 9.84 Å². The number of aryl methyl sites for hydroxylation is 3. The summed E-state index contributed by atoms with van der Waals surface area (Å²) < 4.78 is 8.50. The first-order valence-corrected chi connectivity index (χ1v) is 10.7. The van der Waals surface area contributed by atoms with E-state index in [1.807, 2.05) is 0 Å². The lowest BCUT2D eigenvalue weighted by Crippen LogP contribution is -2.35. The van der Waals surface area contributed by atoms with E-state index in [1.165, 1.54) is 39.0 Å². The number of hydrogen-bond donors (Lipinski definition) is 1. The van der Waals surface area contributed by atoms with Crippen LogP contribution >= 0.6 is 0 Å². The Morgan fingerprint density at radius 3 is 2.90 bits per heavy atom. The molecule has 0 unspecified atom stereocenters. The zero-order chi connectivity index (χ0) is 20.8. The van der Waals surface area contributed by atoms with Gasteiger partial charge < -0.3 is 14.7 Å². The van der Waals surface area contributed by atoms with Crippen LogP contribution in [0.15, 0.2) is 36.4 Å². The molecule has 5 heteroatoms. The fourth-order valence-corrected chi connectivity index (χ4v) is 4.95. The average molecular weight is 404 g/mol. The first kappa shape index (κ1) is 18.9. The van der Waals surface area contributed by atoms with Gasteiger partial charge in [-0.1, -0.05) is 11.6 Å². The molecule has 0 saturated heterocycles. The molecule has 5 nitrogen and oxygen atoms in total. The van der Waals surface area contributed by atoms with Gasteiger partial charge in [-0.15, -0.1) is 0 Å². The predicted molar refractivity (Wildman–Crippen MR) is 117 cm³/mol. The van der Waals surface area contributed by atoms with E-state index in [1.54, 1.807) is 0 Å². The van der Waals surface area contributed by atoms with Gasteiger partial charge in [0.25, 0.3) is 0 Å². The van der Waals surface area contributed by atoms with Crippen LogP contribution in [0.4, 0.5) is 5.69 Å². The zero-order valence-corrected chi connectivity index (χ0v) is 17.6. The number of nitrogens with zero attached hydrogens (tertiary/aromatic N) is 2. The van der Waals surface area contributed by atoms with Crippen LogP contribution in [0.3, 0.4) is 0 Å². The van der Waals surface area contributed by atoms with Gasteiger partial charge in [0.15, 0.2) is 0 Å². The Kier molecular flexibility index (Phi) is 4.61. The van der Waals surface area contributed by atoms with Gasteiger partial charge in [0.2, 0.25) is 11.2 Å². The summed E-state index contributed by atoms with van der Waals surface area (Å²) in [4.78, 5) is 13.2. The maximum absolute atomic E-state index is 10.9. The third kappa shape index (κ3) is 3.18. The normalized spacial score (nSPS) is 14.7. The van der Waals surface area contributed by atoms with Crippen molar-refractivity contribution in [2.75, 3.05) is 18.0 Å². The fraction of sp³-hybridized carbons (Fsp3) is 0.360. The summed E-state index contributed by atoms with van der Waals surface area (Å²) in [6.07, 6.45) is 3.01. The van der Waals surface area contributed by atoms with Crippen LogP contribution in [0.25, 0.3) is 22.2 Å². The Bertz CT molecular complexity index is 1170. The third-order valence-electron chi connectivity index (χ3n) is 6.37. The number of rotatable bonds is 4. The number of ether oxygens (including phenoxy) is 1. The molecule has 0 amide bonds. The maximum atomic E-state index is 10.9. The number of aromatic nitrogens is 1. The van der Waals surface area contributed by atoms with E-state index in [2.05, 4.69) is 59.8 Å². The van der Waals surface area contributed by atoms with Gasteiger partial charge in [0, 0.05) is 42.7 Å². The highest BCUT2D eigenvalue weighted by Gasteiger charge is 2.30. The summed E-state index contributed by atoms with van der Waals surface area (Å²) in [6, 6.07) is 13.3. The van der Waals surface area contributed by atoms with Crippen LogP contribution in [0.5, 0.6) is 5.75 Å². The van der Waals surface area contributed by atoms with Crippen molar-refractivity contribution in [1.29, 1.82) is 0 Å². The summed E-state index contributed by atoms with van der Waals surface area (Å²) in [5, 5.41) is 10.2. The molecular formula is C25H27N2O3+. The second kappa shape index (κ2) is 7.31. The van der Waals surface area contributed by atoms with Crippen molar-refractivity contribution >= 4 is 22.6 Å². The molecule has 0 aliphatic carbocycles. The topological polar surface area (TPSA) is 53.7 Å². The average Bonchev–Trinajstić information content (AvgIpc) is 2.72. The fourth-order valence-electron chi connectivity index (χ4n) is 4.95. The van der Waals surface area contributed by atoms with E-state index in [9.17, 15) is 4.79 Å². The van der Waals surface area contributed by atoms with E-state index < -0.39 is 5.97 Å². The Morgan fingerprint density at radius 2 is 2.07 bits per heavy atom. The van der Waals surface area contributed by atoms with Gasteiger partial charge in [-0.05, 0) is 49.9 Å². The quantitative estimate of drug-likeness (QED) is 0.665. The number of pyridine rings is 1. The van der Waals surface area contributed by atoms with Crippen molar-refractivity contribution in [3.63, 3.8) is 0 Å². The number of hydrogen-bond acceptors (Lipinski definition) is 3. The number of carbonyl (C=O) groups is 1. The second-order valence-electron chi connectivity index (χ2n) is 8.49. The third-order valence-corrected chi connectivity index (χ3v) is 6.37. The highest BCUT2D eigenvalue weighted by Crippen LogP contribution is 2.42. The van der Waals surface area contributed by atoms with Crippen LogP contribution < -0.4 is 14.2 Å². The maximum Gasteiger partial charge on any atom is 0.303 e. The van der Waals surface area contributed by atoms with Gasteiger partial charge >= 0.3 is 5.97 Å². The van der Waals surface area contributed by atoms with E-state index >= 15 is 0 Å². The lowest BCUT2D eigenvalue weighted by Gasteiger charge is -2.33. The minimum Gasteiger partial charge on any atom is -0.488 e. The van der Waals surface area contributed by atoms with Gasteiger partial charge in [0.05, 0.1) is 11.1 Å². The molecule has 0 fully saturated rings. The molecule has 1 aromatic heterocycles. The van der Waals surface area contributed by atoms with Crippen LogP contribution in [-0.4, -0.2) is 24.2 Å². The molecule has 0 spiro atoms. The van der Waals surface area contributed by atoms with Crippen molar-refractivity contribution in [2.24, 2.45) is 7.05 Å². The van der Waals surface area contributed by atoms with Gasteiger partial charge in [-0.3, -0.25) is 4.79 Å². The molecule has 30 heavy (non-hydrogen) atoms. The lowest BCUT2D eigenvalue weighted by atomic mass is 9.93. The molecular weight excluding hydrogens is 376 g/mol. The number of fused-ring (bicyclic) bond motifs is 5. The number of carboxylic acid groups (broad SMARTS) is 1. The van der Waals surface area contributed by atoms with Crippen molar-refractivity contribution in [3.05, 3.63) is 53.1 Å². The summed E-state index contributed by atoms with van der Waals surface area (Å²) in [5.41, 5.74) is 8.63. The molecule has 0 radical (unpaired) electrons. The predicted octanol–water partition coefficient (Wildman–Crippen LogP) is 4.15. The van der Waals surface area contributed by atoms with E-state index in [0.29, 0.717) is 13.0 Å². The largest absolute Gasteiger partial charge is 0.488 e. The molecule has 0 saturated carbocycles. The van der Waals surface area contributed by atoms with Crippen LogP contribution in [0.1, 0.15) is 36.0 Å². The highest BCUT2D eigenvalue weighted by molar-refractivity contribution is 5.83. The summed E-state index contributed by atoms with van der Waals surface area (Å²) in [7, 11) is 2.14. The van der Waals surface area contributed by atoms with E-state index in [-0.39, 0.29) is 6.42 Å². The standard InChI is InChI=1S/C25H26N2O3/c1-16-7-8-21-18(11-16)12-19-15-30-23-14-22-17(13-20(23)25(19)26(21)2)5-3-9-27(22)10-4-6-24(28)29/h7-8,11-14H,3-6,9-10,15H2,1-2H3/p+1. The molecule has 3 aromatic rings. The minimum absolute atomic E-state index is 0.211. The van der Waals surface area contributed by atoms with Gasteiger partial charge in [-0.25, -0.2) is 0 Å². The molecule has 2 aliphatic rings. The van der Waals surface area contributed by atoms with Crippen LogP contribution in [0.2, 0.25) is 0 Å². The Balaban J connectivity index is 1.58. The minimum atomic E-state index is -0.729. The highest BCUT2D eigenvalue weighted by atomic mass is 16.5. The van der Waals surface area contributed by atoms with Gasteiger partial charge in [-0.2, -0.15) is 4.57 Å². The van der Waals surface area contributed by atoms with Crippen LogP contribution in [0, 0.1) is 6.92 Å². The van der Waals surface area contributed by atoms with Crippen LogP contribution in [-0.2, 0) is 24.9 Å². The molecule has 1 N–H and O–H groups in total. The number of benzene rings is 2. The van der Waals surface area contributed by atoms with Crippen molar-refractivity contribution in [3.8, 4) is 17.0 Å². The second-order valence-corrected chi connectivity index (χ2v) is 8.49. The first-order chi connectivity index (χ1) is 14.5. The first-order valence-electron chi connectivity index (χ1n) is 10.7. The van der Waals surface area contributed by atoms with Gasteiger partial charge in [0.1, 0.15) is 19.4 Å². The summed E-state index contributed by atoms with van der Waals surface area (Å²) in [6.45, 7) is 4.43. The Hall–Kier alpha value is -3.08. The number of aliphatic carboxylic acids is 1. The molecule has 3 heterocycles. The van der Waals surface area contributed by atoms with Crippen molar-refractivity contribution in [1.82, 2.24) is 0 Å². The smallest absolute Gasteiger partial charge is 0.303 e. The Labute approximate surface area is 176 Å². The molecule has 0 bridgehead atoms. The zero-order valence-electron chi connectivity index (χ0n) is 17.6. The molecule has 0 atom stereocenters. The molecule has 2 aromatic carbocycles. The van der Waals surface area contributed by atoms with Crippen molar-refractivity contribution < 1.29 is 19.2 Å². The van der Waals surface area contributed by atoms with E-state index in [0.717, 1.165) is 37.2 Å².